The lowest BCUT2D eigenvalue weighted by atomic mass is 9.87. The van der Waals surface area contributed by atoms with E-state index in [9.17, 15) is 0 Å². The first-order chi connectivity index (χ1) is 11.6. The first kappa shape index (κ1) is 16.3. The first-order valence-electron chi connectivity index (χ1n) is 8.50. The second-order valence-corrected chi connectivity index (χ2v) is 6.54. The second-order valence-electron chi connectivity index (χ2n) is 6.54. The van der Waals surface area contributed by atoms with E-state index in [0.29, 0.717) is 5.82 Å². The molecular formula is C21H25N3. The number of H-pyrrole nitrogens is 1. The summed E-state index contributed by atoms with van der Waals surface area (Å²) in [6.45, 7) is 6.34. The van der Waals surface area contributed by atoms with Crippen LogP contribution in [0.5, 0.6) is 0 Å². The number of nitrogen functional groups attached to an aromatic ring is 1. The van der Waals surface area contributed by atoms with E-state index in [4.69, 9.17) is 5.73 Å². The van der Waals surface area contributed by atoms with Gasteiger partial charge >= 0.3 is 0 Å². The molecule has 1 aromatic heterocycles. The summed E-state index contributed by atoms with van der Waals surface area (Å²) in [5, 5.41) is 7.14. The number of nitrogens with zero attached hydrogens (tertiary/aromatic N) is 1. The van der Waals surface area contributed by atoms with Gasteiger partial charge in [0.05, 0.1) is 5.69 Å². The van der Waals surface area contributed by atoms with E-state index in [1.54, 1.807) is 0 Å². The first-order valence-corrected chi connectivity index (χ1v) is 8.50. The van der Waals surface area contributed by atoms with Gasteiger partial charge in [-0.25, -0.2) is 0 Å². The van der Waals surface area contributed by atoms with Crippen molar-refractivity contribution in [3.63, 3.8) is 0 Å². The molecule has 1 unspecified atom stereocenters. The van der Waals surface area contributed by atoms with E-state index in [-0.39, 0.29) is 5.92 Å². The van der Waals surface area contributed by atoms with Crippen molar-refractivity contribution < 1.29 is 0 Å². The molecule has 0 saturated carbocycles. The maximum Gasteiger partial charge on any atom is 0.122 e. The molecule has 0 saturated heterocycles. The van der Waals surface area contributed by atoms with Gasteiger partial charge in [0.15, 0.2) is 0 Å². The van der Waals surface area contributed by atoms with Crippen LogP contribution in [-0.2, 0) is 12.8 Å². The molecule has 0 aliphatic heterocycles. The normalized spacial score (nSPS) is 12.3. The number of aromatic nitrogens is 2. The number of nitrogens with two attached hydrogens (primary N) is 1. The maximum atomic E-state index is 6.09. The molecule has 3 aromatic rings. The zero-order valence-electron chi connectivity index (χ0n) is 14.6. The summed E-state index contributed by atoms with van der Waals surface area (Å²) in [6.07, 6.45) is 2.07. The molecule has 3 heteroatoms. The zero-order valence-corrected chi connectivity index (χ0v) is 14.6. The summed E-state index contributed by atoms with van der Waals surface area (Å²) in [4.78, 5) is 0. The van der Waals surface area contributed by atoms with Crippen LogP contribution in [0.2, 0.25) is 0 Å². The number of nitrogens with one attached hydrogen (secondary N) is 1. The van der Waals surface area contributed by atoms with Gasteiger partial charge in [0.1, 0.15) is 5.82 Å². The van der Waals surface area contributed by atoms with Crippen molar-refractivity contribution in [3.8, 4) is 0 Å². The fraction of sp³-hybridized carbons (Fsp3) is 0.286. The molecule has 0 spiro atoms. The van der Waals surface area contributed by atoms with Gasteiger partial charge in [0.2, 0.25) is 0 Å². The molecule has 2 aromatic carbocycles. The number of hydrogen-bond donors (Lipinski definition) is 2. The van der Waals surface area contributed by atoms with Crippen molar-refractivity contribution in [1.29, 1.82) is 0 Å². The molecule has 24 heavy (non-hydrogen) atoms. The number of rotatable bonds is 5. The van der Waals surface area contributed by atoms with Crippen molar-refractivity contribution in [2.45, 2.75) is 39.5 Å². The highest BCUT2D eigenvalue weighted by atomic mass is 15.2. The third-order valence-corrected chi connectivity index (χ3v) is 4.78. The zero-order chi connectivity index (χ0) is 17.1. The quantitative estimate of drug-likeness (QED) is 0.725. The van der Waals surface area contributed by atoms with Crippen LogP contribution in [0.15, 0.2) is 48.5 Å². The van der Waals surface area contributed by atoms with Gasteiger partial charge in [0.25, 0.3) is 0 Å². The lowest BCUT2D eigenvalue weighted by molar-refractivity contribution is 0.861. The van der Waals surface area contributed by atoms with Crippen molar-refractivity contribution in [2.24, 2.45) is 0 Å². The number of anilines is 1. The van der Waals surface area contributed by atoms with Gasteiger partial charge in [-0.15, -0.1) is 0 Å². The molecule has 3 nitrogen and oxygen atoms in total. The molecule has 1 heterocycles. The highest BCUT2D eigenvalue weighted by Gasteiger charge is 2.19. The molecule has 3 rings (SSSR count). The lowest BCUT2D eigenvalue weighted by Crippen LogP contribution is -2.05. The van der Waals surface area contributed by atoms with Crippen LogP contribution in [0.4, 0.5) is 5.82 Å². The van der Waals surface area contributed by atoms with E-state index >= 15 is 0 Å². The number of aryl methyl sites for hydroxylation is 4. The topological polar surface area (TPSA) is 54.7 Å². The van der Waals surface area contributed by atoms with E-state index < -0.39 is 0 Å². The van der Waals surface area contributed by atoms with Crippen LogP contribution in [0.1, 0.15) is 46.4 Å². The third kappa shape index (κ3) is 3.35. The lowest BCUT2D eigenvalue weighted by Gasteiger charge is -2.17. The molecular weight excluding hydrogens is 294 g/mol. The molecule has 0 aliphatic rings. The van der Waals surface area contributed by atoms with E-state index in [1.807, 2.05) is 6.92 Å². The van der Waals surface area contributed by atoms with Crippen molar-refractivity contribution in [2.75, 3.05) is 5.73 Å². The molecule has 1 atom stereocenters. The summed E-state index contributed by atoms with van der Waals surface area (Å²) >= 11 is 0. The van der Waals surface area contributed by atoms with Gasteiger partial charge in [-0.1, -0.05) is 61.0 Å². The summed E-state index contributed by atoms with van der Waals surface area (Å²) in [6, 6.07) is 17.5. The minimum atomic E-state index is 0.234. The molecule has 0 aliphatic carbocycles. The smallest absolute Gasteiger partial charge is 0.122 e. The molecule has 0 amide bonds. The van der Waals surface area contributed by atoms with Crippen LogP contribution in [0, 0.1) is 13.8 Å². The van der Waals surface area contributed by atoms with Crippen LogP contribution in [-0.4, -0.2) is 10.2 Å². The van der Waals surface area contributed by atoms with Gasteiger partial charge in [-0.3, -0.25) is 5.10 Å². The third-order valence-electron chi connectivity index (χ3n) is 4.78. The van der Waals surface area contributed by atoms with Crippen LogP contribution < -0.4 is 5.73 Å². The fourth-order valence-electron chi connectivity index (χ4n) is 3.38. The molecule has 0 fully saturated rings. The van der Waals surface area contributed by atoms with Gasteiger partial charge in [0, 0.05) is 11.5 Å². The summed E-state index contributed by atoms with van der Waals surface area (Å²) in [5.41, 5.74) is 13.6. The average Bonchev–Trinajstić information content (AvgIpc) is 2.93. The van der Waals surface area contributed by atoms with Gasteiger partial charge in [-0.2, -0.15) is 5.10 Å². The Kier molecular flexibility index (Phi) is 4.70. The minimum absolute atomic E-state index is 0.234. The van der Waals surface area contributed by atoms with E-state index in [1.165, 1.54) is 22.3 Å². The Bertz CT molecular complexity index is 796. The number of hydrogen-bond acceptors (Lipinski definition) is 2. The average molecular weight is 319 g/mol. The van der Waals surface area contributed by atoms with E-state index in [2.05, 4.69) is 72.6 Å². The van der Waals surface area contributed by atoms with Crippen LogP contribution in [0.25, 0.3) is 0 Å². The van der Waals surface area contributed by atoms with Crippen molar-refractivity contribution in [1.82, 2.24) is 10.2 Å². The molecule has 124 valence electrons. The summed E-state index contributed by atoms with van der Waals surface area (Å²) in [7, 11) is 0. The van der Waals surface area contributed by atoms with E-state index in [0.717, 1.165) is 24.1 Å². The maximum absolute atomic E-state index is 6.09. The summed E-state index contributed by atoms with van der Waals surface area (Å²) < 4.78 is 0. The summed E-state index contributed by atoms with van der Waals surface area (Å²) in [5.74, 6) is 0.909. The molecule has 0 bridgehead atoms. The fourth-order valence-corrected chi connectivity index (χ4v) is 3.38. The van der Waals surface area contributed by atoms with Gasteiger partial charge in [-0.05, 0) is 43.4 Å². The Balaban J connectivity index is 1.84. The van der Waals surface area contributed by atoms with Gasteiger partial charge < -0.3 is 5.73 Å². The Hall–Kier alpha value is -2.55. The highest BCUT2D eigenvalue weighted by molar-refractivity contribution is 5.49. The number of aromatic amines is 1. The predicted octanol–water partition coefficient (Wildman–Crippen LogP) is 4.55. The number of benzene rings is 2. The molecule has 0 radical (unpaired) electrons. The second kappa shape index (κ2) is 6.91. The van der Waals surface area contributed by atoms with Crippen LogP contribution in [0.3, 0.4) is 0 Å². The Labute approximate surface area is 143 Å². The standard InChI is InChI=1S/C21H25N3/c1-14-8-10-17(11-9-14)12-13-18-6-4-5-7-19(18)15(2)20-16(3)23-24-21(20)22/h4-11,15H,12-13H2,1-3H3,(H3,22,23,24). The van der Waals surface area contributed by atoms with Crippen LogP contribution >= 0.6 is 0 Å². The largest absolute Gasteiger partial charge is 0.384 e. The molecule has 3 N–H and O–H groups in total. The Morgan fingerprint density at radius 2 is 1.71 bits per heavy atom. The monoisotopic (exact) mass is 319 g/mol. The predicted molar refractivity (Wildman–Crippen MR) is 100 cm³/mol. The SMILES string of the molecule is Cc1ccc(CCc2ccccc2C(C)c2c(C)n[nH]c2N)cc1. The highest BCUT2D eigenvalue weighted by Crippen LogP contribution is 2.32. The Morgan fingerprint density at radius 1 is 1.00 bits per heavy atom. The van der Waals surface area contributed by atoms with Crippen molar-refractivity contribution >= 4 is 5.82 Å². The Morgan fingerprint density at radius 3 is 2.38 bits per heavy atom. The minimum Gasteiger partial charge on any atom is -0.384 e. The van der Waals surface area contributed by atoms with Crippen molar-refractivity contribution in [3.05, 3.63) is 82.0 Å².